The molecule has 0 bridgehead atoms. The van der Waals surface area contributed by atoms with Crippen LogP contribution in [0.25, 0.3) is 10.4 Å². The van der Waals surface area contributed by atoms with Crippen LogP contribution >= 0.6 is 0 Å². The Morgan fingerprint density at radius 1 is 0.939 bits per heavy atom. The molecule has 0 aliphatic heterocycles. The molecule has 0 fully saturated rings. The minimum Gasteiger partial charge on any atom is -0.485 e. The first-order chi connectivity index (χ1) is 16.1. The van der Waals surface area contributed by atoms with Crippen molar-refractivity contribution in [3.63, 3.8) is 0 Å². The summed E-state index contributed by atoms with van der Waals surface area (Å²) in [6.07, 6.45) is -1.41. The maximum absolute atomic E-state index is 12.2. The van der Waals surface area contributed by atoms with Crippen molar-refractivity contribution >= 4 is 5.97 Å². The molecule has 0 saturated carbocycles. The summed E-state index contributed by atoms with van der Waals surface area (Å²) in [4.78, 5) is 14.8. The van der Waals surface area contributed by atoms with Crippen molar-refractivity contribution in [3.05, 3.63) is 106 Å². The molecule has 8 heteroatoms. The molecule has 8 nitrogen and oxygen atoms in total. The van der Waals surface area contributed by atoms with Crippen LogP contribution in [0.2, 0.25) is 0 Å². The van der Waals surface area contributed by atoms with Crippen LogP contribution in [-0.2, 0) is 22.7 Å². The van der Waals surface area contributed by atoms with Gasteiger partial charge in [-0.2, -0.15) is 0 Å². The quantitative estimate of drug-likeness (QED) is 0.190. The summed E-state index contributed by atoms with van der Waals surface area (Å²) in [5.41, 5.74) is 11.1. The number of carbonyl (C=O) groups excluding carboxylic acids is 1. The number of aliphatic hydroxyl groups is 1. The summed E-state index contributed by atoms with van der Waals surface area (Å²) in [7, 11) is 0. The summed E-state index contributed by atoms with van der Waals surface area (Å²) in [5.74, 6) is 0.0519. The minimum atomic E-state index is -1.42. The number of carbonyl (C=O) groups is 1. The lowest BCUT2D eigenvalue weighted by molar-refractivity contribution is -0.147. The van der Waals surface area contributed by atoms with E-state index in [2.05, 4.69) is 10.0 Å². The van der Waals surface area contributed by atoms with E-state index in [0.29, 0.717) is 23.7 Å². The number of nitrogens with zero attached hydrogens (tertiary/aromatic N) is 3. The summed E-state index contributed by atoms with van der Waals surface area (Å²) in [6, 6.07) is 22.7. The number of aliphatic hydroxyl groups excluding tert-OH is 1. The van der Waals surface area contributed by atoms with Gasteiger partial charge in [0.25, 0.3) is 0 Å². The van der Waals surface area contributed by atoms with Crippen molar-refractivity contribution in [2.75, 3.05) is 6.61 Å². The van der Waals surface area contributed by atoms with Crippen molar-refractivity contribution in [3.8, 4) is 11.5 Å². The molecule has 0 saturated heterocycles. The molecule has 0 amide bonds. The minimum absolute atomic E-state index is 0.0979. The summed E-state index contributed by atoms with van der Waals surface area (Å²) < 4.78 is 16.9. The van der Waals surface area contributed by atoms with Gasteiger partial charge in [0, 0.05) is 4.91 Å². The Morgan fingerprint density at radius 2 is 1.52 bits per heavy atom. The van der Waals surface area contributed by atoms with Gasteiger partial charge in [-0.05, 0) is 41.3 Å². The third-order valence-corrected chi connectivity index (χ3v) is 4.79. The Balaban J connectivity index is 1.86. The zero-order valence-electron chi connectivity index (χ0n) is 18.2. The predicted octanol–water partition coefficient (Wildman–Crippen LogP) is 5.12. The lowest BCUT2D eigenvalue weighted by atomic mass is 10.0. The lowest BCUT2D eigenvalue weighted by Gasteiger charge is -2.20. The number of benzene rings is 3. The van der Waals surface area contributed by atoms with Crippen LogP contribution in [-0.4, -0.2) is 23.7 Å². The van der Waals surface area contributed by atoms with E-state index in [1.807, 2.05) is 60.7 Å². The van der Waals surface area contributed by atoms with Crippen molar-refractivity contribution in [1.82, 2.24) is 0 Å². The van der Waals surface area contributed by atoms with Gasteiger partial charge in [-0.1, -0.05) is 71.8 Å². The third-order valence-electron chi connectivity index (χ3n) is 4.79. The smallest absolute Gasteiger partial charge is 0.317 e. The summed E-state index contributed by atoms with van der Waals surface area (Å²) in [6.45, 7) is 2.33. The second-order valence-corrected chi connectivity index (χ2v) is 7.10. The van der Waals surface area contributed by atoms with Gasteiger partial charge in [-0.25, -0.2) is 0 Å². The van der Waals surface area contributed by atoms with Crippen LogP contribution in [0.5, 0.6) is 11.5 Å². The van der Waals surface area contributed by atoms with Gasteiger partial charge in [-0.15, -0.1) is 0 Å². The van der Waals surface area contributed by atoms with E-state index in [-0.39, 0.29) is 13.2 Å². The highest BCUT2D eigenvalue weighted by molar-refractivity contribution is 5.77. The molecule has 0 aliphatic rings. The number of azide groups is 1. The van der Waals surface area contributed by atoms with Gasteiger partial charge >= 0.3 is 5.97 Å². The maximum Gasteiger partial charge on any atom is 0.317 e. The first-order valence-corrected chi connectivity index (χ1v) is 10.5. The van der Waals surface area contributed by atoms with E-state index >= 15 is 0 Å². The number of rotatable bonds is 11. The topological polar surface area (TPSA) is 114 Å². The van der Waals surface area contributed by atoms with Crippen LogP contribution in [0.3, 0.4) is 0 Å². The van der Waals surface area contributed by atoms with Gasteiger partial charge in [0.2, 0.25) is 0 Å². The second kappa shape index (κ2) is 12.1. The van der Waals surface area contributed by atoms with Gasteiger partial charge in [0.05, 0.1) is 12.7 Å². The molecule has 0 radical (unpaired) electrons. The van der Waals surface area contributed by atoms with Crippen LogP contribution < -0.4 is 9.47 Å². The second-order valence-electron chi connectivity index (χ2n) is 7.10. The first kappa shape index (κ1) is 23.7. The standard InChI is InChI=1S/C25H25N3O5/c1-2-31-25(30)23(27-28-26)24(29)20-13-14-21(32-16-18-9-5-3-6-10-18)22(15-20)33-17-19-11-7-4-8-12-19/h3-15,23-24,29H,2,16-17H2,1H3. The number of esters is 1. The molecule has 170 valence electrons. The highest BCUT2D eigenvalue weighted by Crippen LogP contribution is 2.33. The lowest BCUT2D eigenvalue weighted by Crippen LogP contribution is -2.28. The molecule has 3 aromatic carbocycles. The predicted molar refractivity (Wildman–Crippen MR) is 123 cm³/mol. The van der Waals surface area contributed by atoms with Gasteiger partial charge in [0.1, 0.15) is 13.2 Å². The summed E-state index contributed by atoms with van der Waals surface area (Å²) >= 11 is 0. The Morgan fingerprint density at radius 3 is 2.06 bits per heavy atom. The SMILES string of the molecule is CCOC(=O)C(N=[N+]=[N-])C(O)c1ccc(OCc2ccccc2)c(OCc2ccccc2)c1. The van der Waals surface area contributed by atoms with Gasteiger partial charge in [0.15, 0.2) is 17.5 Å². The number of hydrogen-bond donors (Lipinski definition) is 1. The van der Waals surface area contributed by atoms with E-state index in [9.17, 15) is 9.90 Å². The highest BCUT2D eigenvalue weighted by atomic mass is 16.5. The fourth-order valence-electron chi connectivity index (χ4n) is 3.12. The third kappa shape index (κ3) is 6.74. The van der Waals surface area contributed by atoms with Gasteiger partial charge < -0.3 is 19.3 Å². The van der Waals surface area contributed by atoms with E-state index in [0.717, 1.165) is 11.1 Å². The monoisotopic (exact) mass is 447 g/mol. The Hall–Kier alpha value is -4.00. The van der Waals surface area contributed by atoms with Crippen LogP contribution in [0.1, 0.15) is 29.7 Å². The van der Waals surface area contributed by atoms with Crippen molar-refractivity contribution < 1.29 is 24.1 Å². The highest BCUT2D eigenvalue weighted by Gasteiger charge is 2.29. The number of hydrogen-bond acceptors (Lipinski definition) is 6. The van der Waals surface area contributed by atoms with Crippen molar-refractivity contribution in [2.24, 2.45) is 5.11 Å². The van der Waals surface area contributed by atoms with Gasteiger partial charge in [-0.3, -0.25) is 4.79 Å². The average Bonchev–Trinajstić information content (AvgIpc) is 2.86. The fourth-order valence-corrected chi connectivity index (χ4v) is 3.12. The maximum atomic E-state index is 12.2. The molecule has 0 spiro atoms. The fraction of sp³-hybridized carbons (Fsp3) is 0.240. The van der Waals surface area contributed by atoms with E-state index < -0.39 is 18.1 Å². The molecule has 2 atom stereocenters. The zero-order chi connectivity index (χ0) is 23.5. The molecule has 0 aliphatic carbocycles. The largest absolute Gasteiger partial charge is 0.485 e. The number of ether oxygens (including phenoxy) is 3. The molecule has 0 aromatic heterocycles. The molecule has 2 unspecified atom stereocenters. The normalized spacial score (nSPS) is 12.2. The Labute approximate surface area is 192 Å². The molecule has 1 N–H and O–H groups in total. The van der Waals surface area contributed by atoms with Crippen molar-refractivity contribution in [1.29, 1.82) is 0 Å². The molecule has 3 rings (SSSR count). The summed E-state index contributed by atoms with van der Waals surface area (Å²) in [5, 5.41) is 14.2. The zero-order valence-corrected chi connectivity index (χ0v) is 18.2. The Bertz CT molecular complexity index is 1090. The van der Waals surface area contributed by atoms with Crippen molar-refractivity contribution in [2.45, 2.75) is 32.3 Å². The van der Waals surface area contributed by atoms with Crippen LogP contribution in [0.4, 0.5) is 0 Å². The average molecular weight is 447 g/mol. The molecular weight excluding hydrogens is 422 g/mol. The van der Waals surface area contributed by atoms with Crippen LogP contribution in [0.15, 0.2) is 84.0 Å². The molecule has 0 heterocycles. The molecule has 33 heavy (non-hydrogen) atoms. The Kier molecular flexibility index (Phi) is 8.71. The molecule has 3 aromatic rings. The van der Waals surface area contributed by atoms with Crippen LogP contribution in [0, 0.1) is 0 Å². The first-order valence-electron chi connectivity index (χ1n) is 10.5. The van der Waals surface area contributed by atoms with E-state index in [1.54, 1.807) is 25.1 Å². The van der Waals surface area contributed by atoms with E-state index in [1.165, 1.54) is 0 Å². The molecular formula is C25H25N3O5. The van der Waals surface area contributed by atoms with E-state index in [4.69, 9.17) is 19.7 Å².